The van der Waals surface area contributed by atoms with E-state index in [0.29, 0.717) is 11.3 Å². The molecule has 0 unspecified atom stereocenters. The van der Waals surface area contributed by atoms with Gasteiger partial charge in [-0.25, -0.2) is 0 Å². The molecule has 0 saturated carbocycles. The third-order valence-electron chi connectivity index (χ3n) is 4.56. The second-order valence-corrected chi connectivity index (χ2v) is 7.61. The van der Waals surface area contributed by atoms with Gasteiger partial charge >= 0.3 is 0 Å². The van der Waals surface area contributed by atoms with Gasteiger partial charge in [0.1, 0.15) is 11.5 Å². The fourth-order valence-corrected chi connectivity index (χ4v) is 3.16. The van der Waals surface area contributed by atoms with Gasteiger partial charge in [-0.05, 0) is 42.5 Å². The van der Waals surface area contributed by atoms with Crippen molar-refractivity contribution in [2.24, 2.45) is 0 Å². The van der Waals surface area contributed by atoms with E-state index >= 15 is 0 Å². The lowest BCUT2D eigenvalue weighted by Gasteiger charge is -2.19. The van der Waals surface area contributed by atoms with Crippen LogP contribution < -0.4 is 5.32 Å². The summed E-state index contributed by atoms with van der Waals surface area (Å²) in [5.41, 5.74) is 4.52. The number of benzene rings is 2. The molecule has 3 aromatic rings. The first-order chi connectivity index (χ1) is 12.3. The number of carbonyl (C=O) groups is 1. The maximum Gasteiger partial charge on any atom is 0.259 e. The molecule has 134 valence electrons. The van der Waals surface area contributed by atoms with E-state index < -0.39 is 0 Å². The van der Waals surface area contributed by atoms with Crippen LogP contribution in [0.4, 0.5) is 5.69 Å². The molecular formula is C23H25NO2. The number of amides is 1. The van der Waals surface area contributed by atoms with Gasteiger partial charge in [-0.3, -0.25) is 4.79 Å². The van der Waals surface area contributed by atoms with Crippen molar-refractivity contribution in [3.8, 4) is 11.1 Å². The van der Waals surface area contributed by atoms with Crippen molar-refractivity contribution < 1.29 is 9.21 Å². The number of hydrogen-bond donors (Lipinski definition) is 1. The molecule has 0 bridgehead atoms. The number of aryl methyl sites for hydroxylation is 2. The van der Waals surface area contributed by atoms with Gasteiger partial charge < -0.3 is 9.73 Å². The van der Waals surface area contributed by atoms with Crippen molar-refractivity contribution in [3.05, 3.63) is 77.2 Å². The zero-order valence-electron chi connectivity index (χ0n) is 16.0. The van der Waals surface area contributed by atoms with Crippen molar-refractivity contribution >= 4 is 11.6 Å². The molecule has 1 amide bonds. The smallest absolute Gasteiger partial charge is 0.259 e. The summed E-state index contributed by atoms with van der Waals surface area (Å²) in [5, 5.41) is 3.00. The summed E-state index contributed by atoms with van der Waals surface area (Å²) in [6, 6.07) is 17.9. The highest BCUT2D eigenvalue weighted by molar-refractivity contribution is 6.09. The summed E-state index contributed by atoms with van der Waals surface area (Å²) in [4.78, 5) is 13.0. The fourth-order valence-electron chi connectivity index (χ4n) is 3.16. The van der Waals surface area contributed by atoms with Crippen LogP contribution in [0.2, 0.25) is 0 Å². The minimum atomic E-state index is -0.151. The van der Waals surface area contributed by atoms with Crippen molar-refractivity contribution in [2.45, 2.75) is 40.0 Å². The lowest BCUT2D eigenvalue weighted by Crippen LogP contribution is -2.14. The van der Waals surface area contributed by atoms with Crippen LogP contribution in [-0.4, -0.2) is 5.91 Å². The molecule has 1 heterocycles. The molecule has 3 heteroatoms. The fraction of sp³-hybridized carbons (Fsp3) is 0.261. The summed E-state index contributed by atoms with van der Waals surface area (Å²) < 4.78 is 5.76. The van der Waals surface area contributed by atoms with Gasteiger partial charge in [0, 0.05) is 11.3 Å². The topological polar surface area (TPSA) is 42.2 Å². The number of carbonyl (C=O) groups excluding carboxylic acids is 1. The van der Waals surface area contributed by atoms with Gasteiger partial charge in [-0.15, -0.1) is 0 Å². The normalized spacial score (nSPS) is 11.4. The summed E-state index contributed by atoms with van der Waals surface area (Å²) in [5.74, 6) is 1.23. The van der Waals surface area contributed by atoms with Gasteiger partial charge in [0.25, 0.3) is 5.91 Å². The molecule has 2 aromatic carbocycles. The largest absolute Gasteiger partial charge is 0.465 e. The average molecular weight is 347 g/mol. The Balaban J connectivity index is 1.92. The Morgan fingerprint density at radius 2 is 1.50 bits per heavy atom. The molecule has 0 aliphatic carbocycles. The number of rotatable bonds is 3. The Morgan fingerprint density at radius 1 is 0.885 bits per heavy atom. The third kappa shape index (κ3) is 3.57. The monoisotopic (exact) mass is 347 g/mol. The SMILES string of the molecule is Cc1oc(C)c(-c2ccccc2)c1C(=O)Nc1ccc(C(C)(C)C)cc1. The highest BCUT2D eigenvalue weighted by Crippen LogP contribution is 2.33. The van der Waals surface area contributed by atoms with Crippen LogP contribution >= 0.6 is 0 Å². The number of anilines is 1. The van der Waals surface area contributed by atoms with Crippen molar-refractivity contribution in [1.29, 1.82) is 0 Å². The van der Waals surface area contributed by atoms with Crippen LogP contribution in [0.5, 0.6) is 0 Å². The molecule has 1 aromatic heterocycles. The molecule has 0 saturated heterocycles. The molecule has 0 spiro atoms. The first-order valence-electron chi connectivity index (χ1n) is 8.84. The van der Waals surface area contributed by atoms with E-state index in [9.17, 15) is 4.79 Å². The Hall–Kier alpha value is -2.81. The maximum absolute atomic E-state index is 13.0. The van der Waals surface area contributed by atoms with Crippen molar-refractivity contribution in [3.63, 3.8) is 0 Å². The molecule has 0 atom stereocenters. The lowest BCUT2D eigenvalue weighted by molar-refractivity contribution is 0.102. The highest BCUT2D eigenvalue weighted by atomic mass is 16.3. The molecule has 1 N–H and O–H groups in total. The molecular weight excluding hydrogens is 322 g/mol. The molecule has 3 nitrogen and oxygen atoms in total. The van der Waals surface area contributed by atoms with Gasteiger partial charge in [0.15, 0.2) is 0 Å². The second-order valence-electron chi connectivity index (χ2n) is 7.61. The average Bonchev–Trinajstić information content (AvgIpc) is 2.89. The summed E-state index contributed by atoms with van der Waals surface area (Å²) in [6.45, 7) is 10.2. The van der Waals surface area contributed by atoms with Crippen LogP contribution in [0.15, 0.2) is 59.0 Å². The van der Waals surface area contributed by atoms with E-state index in [1.54, 1.807) is 0 Å². The summed E-state index contributed by atoms with van der Waals surface area (Å²) >= 11 is 0. The Kier molecular flexibility index (Phi) is 4.73. The number of hydrogen-bond acceptors (Lipinski definition) is 2. The predicted molar refractivity (Wildman–Crippen MR) is 107 cm³/mol. The molecule has 0 radical (unpaired) electrons. The molecule has 26 heavy (non-hydrogen) atoms. The second kappa shape index (κ2) is 6.83. The van der Waals surface area contributed by atoms with E-state index in [1.807, 2.05) is 56.3 Å². The first kappa shape index (κ1) is 18.0. The highest BCUT2D eigenvalue weighted by Gasteiger charge is 2.23. The van der Waals surface area contributed by atoms with E-state index in [2.05, 4.69) is 38.2 Å². The van der Waals surface area contributed by atoms with E-state index in [-0.39, 0.29) is 11.3 Å². The zero-order chi connectivity index (χ0) is 18.9. The Morgan fingerprint density at radius 3 is 2.08 bits per heavy atom. The van der Waals surface area contributed by atoms with Gasteiger partial charge in [-0.1, -0.05) is 63.2 Å². The van der Waals surface area contributed by atoms with Crippen LogP contribution in [0.25, 0.3) is 11.1 Å². The minimum Gasteiger partial charge on any atom is -0.465 e. The molecule has 3 rings (SSSR count). The van der Waals surface area contributed by atoms with Crippen molar-refractivity contribution in [1.82, 2.24) is 0 Å². The first-order valence-corrected chi connectivity index (χ1v) is 8.84. The molecule has 0 aliphatic heterocycles. The van der Waals surface area contributed by atoms with E-state index in [1.165, 1.54) is 5.56 Å². The standard InChI is InChI=1S/C23H25NO2/c1-15-20(17-9-7-6-8-10-17)21(16(2)26-15)22(25)24-19-13-11-18(12-14-19)23(3,4)5/h6-14H,1-5H3,(H,24,25). The Bertz CT molecular complexity index is 913. The van der Waals surface area contributed by atoms with Gasteiger partial charge in [0.05, 0.1) is 5.56 Å². The molecule has 0 aliphatic rings. The quantitative estimate of drug-likeness (QED) is 0.621. The lowest BCUT2D eigenvalue weighted by atomic mass is 9.87. The van der Waals surface area contributed by atoms with E-state index in [0.717, 1.165) is 22.6 Å². The van der Waals surface area contributed by atoms with Crippen LogP contribution in [0.3, 0.4) is 0 Å². The number of furan rings is 1. The van der Waals surface area contributed by atoms with Crippen LogP contribution in [0.1, 0.15) is 48.2 Å². The zero-order valence-corrected chi connectivity index (χ0v) is 16.0. The van der Waals surface area contributed by atoms with Crippen LogP contribution in [0, 0.1) is 13.8 Å². The summed E-state index contributed by atoms with van der Waals surface area (Å²) in [6.07, 6.45) is 0. The number of nitrogens with one attached hydrogen (secondary N) is 1. The third-order valence-corrected chi connectivity index (χ3v) is 4.56. The molecule has 0 fully saturated rings. The van der Waals surface area contributed by atoms with Crippen molar-refractivity contribution in [2.75, 3.05) is 5.32 Å². The van der Waals surface area contributed by atoms with E-state index in [4.69, 9.17) is 4.42 Å². The predicted octanol–water partition coefficient (Wildman–Crippen LogP) is 6.11. The van der Waals surface area contributed by atoms with Gasteiger partial charge in [0.2, 0.25) is 0 Å². The van der Waals surface area contributed by atoms with Gasteiger partial charge in [-0.2, -0.15) is 0 Å². The van der Waals surface area contributed by atoms with Crippen LogP contribution in [-0.2, 0) is 5.41 Å². The minimum absolute atomic E-state index is 0.0846. The Labute approximate surface area is 155 Å². The summed E-state index contributed by atoms with van der Waals surface area (Å²) in [7, 11) is 0. The maximum atomic E-state index is 13.0.